The van der Waals surface area contributed by atoms with Crippen LogP contribution in [0.1, 0.15) is 30.1 Å². The largest absolute Gasteiger partial charge is 0.486 e. The lowest BCUT2D eigenvalue weighted by molar-refractivity contribution is 0.100. The molecular weight excluding hydrogens is 404 g/mol. The summed E-state index contributed by atoms with van der Waals surface area (Å²) in [5, 5.41) is 3.06. The predicted octanol–water partition coefficient (Wildman–Crippen LogP) is 3.17. The number of ketones is 1. The van der Waals surface area contributed by atoms with Crippen molar-refractivity contribution in [2.24, 2.45) is 5.92 Å². The zero-order chi connectivity index (χ0) is 21.1. The second kappa shape index (κ2) is 8.65. The molecule has 160 valence electrons. The van der Waals surface area contributed by atoms with E-state index in [-0.39, 0.29) is 17.2 Å². The summed E-state index contributed by atoms with van der Waals surface area (Å²) in [6.45, 7) is 4.27. The molecule has 4 rings (SSSR count). The molecule has 0 amide bonds. The maximum Gasteiger partial charge on any atom is 0.243 e. The Bertz CT molecular complexity index is 1020. The molecule has 0 aliphatic carbocycles. The number of rotatable bonds is 6. The summed E-state index contributed by atoms with van der Waals surface area (Å²) in [7, 11) is -3.48. The van der Waals surface area contributed by atoms with Crippen molar-refractivity contribution < 1.29 is 22.7 Å². The first kappa shape index (κ1) is 20.7. The van der Waals surface area contributed by atoms with Gasteiger partial charge in [-0.05, 0) is 61.2 Å². The van der Waals surface area contributed by atoms with Gasteiger partial charge >= 0.3 is 0 Å². The third kappa shape index (κ3) is 4.44. The SMILES string of the molecule is CC1CCCN(S(=O)(=O)c2ccc(NCC(=O)c3ccc4c(c3)OCCO4)cc2)C1. The van der Waals surface area contributed by atoms with E-state index in [1.54, 1.807) is 46.8 Å². The van der Waals surface area contributed by atoms with E-state index < -0.39 is 10.0 Å². The van der Waals surface area contributed by atoms with Crippen molar-refractivity contribution in [3.63, 3.8) is 0 Å². The third-order valence-corrected chi connectivity index (χ3v) is 7.31. The number of anilines is 1. The second-order valence-electron chi connectivity index (χ2n) is 7.77. The van der Waals surface area contributed by atoms with Crippen LogP contribution >= 0.6 is 0 Å². The monoisotopic (exact) mass is 430 g/mol. The minimum absolute atomic E-state index is 0.0917. The minimum atomic E-state index is -3.48. The number of hydrogen-bond acceptors (Lipinski definition) is 6. The van der Waals surface area contributed by atoms with E-state index in [0.29, 0.717) is 55.0 Å². The van der Waals surface area contributed by atoms with Gasteiger partial charge in [0.15, 0.2) is 17.3 Å². The quantitative estimate of drug-likeness (QED) is 0.709. The molecule has 1 unspecified atom stereocenters. The number of nitrogens with zero attached hydrogens (tertiary/aromatic N) is 1. The van der Waals surface area contributed by atoms with Crippen LogP contribution in [-0.2, 0) is 10.0 Å². The fraction of sp³-hybridized carbons (Fsp3) is 0.409. The molecule has 2 aliphatic rings. The highest BCUT2D eigenvalue weighted by molar-refractivity contribution is 7.89. The van der Waals surface area contributed by atoms with E-state index in [0.717, 1.165) is 12.8 Å². The maximum atomic E-state index is 12.8. The van der Waals surface area contributed by atoms with E-state index in [9.17, 15) is 13.2 Å². The van der Waals surface area contributed by atoms with Gasteiger partial charge in [-0.1, -0.05) is 6.92 Å². The third-order valence-electron chi connectivity index (χ3n) is 5.43. The molecular formula is C22H26N2O5S. The smallest absolute Gasteiger partial charge is 0.243 e. The fourth-order valence-electron chi connectivity index (χ4n) is 3.76. The number of Topliss-reactive ketones (excluding diaryl/α,β-unsaturated/α-hetero) is 1. The van der Waals surface area contributed by atoms with Crippen LogP contribution < -0.4 is 14.8 Å². The molecule has 0 spiro atoms. The van der Waals surface area contributed by atoms with Crippen molar-refractivity contribution in [3.05, 3.63) is 48.0 Å². The van der Waals surface area contributed by atoms with Crippen molar-refractivity contribution in [1.82, 2.24) is 4.31 Å². The maximum absolute atomic E-state index is 12.8. The molecule has 1 fully saturated rings. The number of hydrogen-bond donors (Lipinski definition) is 1. The lowest BCUT2D eigenvalue weighted by Gasteiger charge is -2.30. The summed E-state index contributed by atoms with van der Waals surface area (Å²) in [4.78, 5) is 12.8. The predicted molar refractivity (Wildman–Crippen MR) is 114 cm³/mol. The summed E-state index contributed by atoms with van der Waals surface area (Å²) in [5.74, 6) is 1.51. The molecule has 7 nitrogen and oxygen atoms in total. The molecule has 2 aliphatic heterocycles. The molecule has 0 aromatic heterocycles. The van der Waals surface area contributed by atoms with Crippen LogP contribution in [0.25, 0.3) is 0 Å². The highest BCUT2D eigenvalue weighted by Gasteiger charge is 2.28. The Morgan fingerprint density at radius 1 is 1.10 bits per heavy atom. The van der Waals surface area contributed by atoms with Crippen LogP contribution in [0, 0.1) is 5.92 Å². The molecule has 30 heavy (non-hydrogen) atoms. The van der Waals surface area contributed by atoms with Gasteiger partial charge in [-0.25, -0.2) is 8.42 Å². The Morgan fingerprint density at radius 2 is 1.83 bits per heavy atom. The minimum Gasteiger partial charge on any atom is -0.486 e. The number of carbonyl (C=O) groups is 1. The number of benzene rings is 2. The second-order valence-corrected chi connectivity index (χ2v) is 9.71. The summed E-state index contributed by atoms with van der Waals surface area (Å²) >= 11 is 0. The molecule has 1 saturated heterocycles. The Balaban J connectivity index is 1.38. The molecule has 0 saturated carbocycles. The normalized spacial score (nSPS) is 19.3. The lowest BCUT2D eigenvalue weighted by atomic mass is 10.0. The van der Waals surface area contributed by atoms with Crippen LogP contribution in [0.5, 0.6) is 11.5 Å². The van der Waals surface area contributed by atoms with Gasteiger partial charge in [-0.2, -0.15) is 4.31 Å². The molecule has 2 aromatic carbocycles. The Kier molecular flexibility index (Phi) is 5.97. The van der Waals surface area contributed by atoms with Gasteiger partial charge < -0.3 is 14.8 Å². The fourth-order valence-corrected chi connectivity index (χ4v) is 5.36. The molecule has 0 radical (unpaired) electrons. The molecule has 1 atom stereocenters. The Labute approximate surface area is 177 Å². The Morgan fingerprint density at radius 3 is 2.57 bits per heavy atom. The molecule has 2 aromatic rings. The van der Waals surface area contributed by atoms with Gasteiger partial charge in [0.2, 0.25) is 10.0 Å². The average molecular weight is 431 g/mol. The average Bonchev–Trinajstić information content (AvgIpc) is 2.77. The van der Waals surface area contributed by atoms with Gasteiger partial charge in [-0.15, -0.1) is 0 Å². The summed E-state index contributed by atoms with van der Waals surface area (Å²) in [5.41, 5.74) is 1.22. The van der Waals surface area contributed by atoms with E-state index in [1.165, 1.54) is 0 Å². The van der Waals surface area contributed by atoms with Gasteiger partial charge in [0.05, 0.1) is 11.4 Å². The van der Waals surface area contributed by atoms with Crippen molar-refractivity contribution in [2.75, 3.05) is 38.2 Å². The molecule has 0 bridgehead atoms. The number of sulfonamides is 1. The zero-order valence-electron chi connectivity index (χ0n) is 17.0. The van der Waals surface area contributed by atoms with Gasteiger partial charge in [0.1, 0.15) is 13.2 Å². The number of piperidine rings is 1. The standard InChI is InChI=1S/C22H26N2O5S/c1-16-3-2-10-24(15-16)30(26,27)19-7-5-18(6-8-19)23-14-20(25)17-4-9-21-22(13-17)29-12-11-28-21/h4-9,13,16,23H,2-3,10-12,14-15H2,1H3. The van der Waals surface area contributed by atoms with E-state index in [2.05, 4.69) is 12.2 Å². The highest BCUT2D eigenvalue weighted by atomic mass is 32.2. The van der Waals surface area contributed by atoms with E-state index >= 15 is 0 Å². The van der Waals surface area contributed by atoms with Crippen LogP contribution in [-0.4, -0.2) is 51.4 Å². The zero-order valence-corrected chi connectivity index (χ0v) is 17.8. The first-order chi connectivity index (χ1) is 14.4. The van der Waals surface area contributed by atoms with Crippen molar-refractivity contribution >= 4 is 21.5 Å². The number of carbonyl (C=O) groups excluding carboxylic acids is 1. The number of ether oxygens (including phenoxy) is 2. The van der Waals surface area contributed by atoms with Gasteiger partial charge in [0, 0.05) is 24.3 Å². The molecule has 1 N–H and O–H groups in total. The van der Waals surface area contributed by atoms with Crippen LogP contribution in [0.4, 0.5) is 5.69 Å². The van der Waals surface area contributed by atoms with E-state index in [4.69, 9.17) is 9.47 Å². The molecule has 8 heteroatoms. The van der Waals surface area contributed by atoms with Crippen molar-refractivity contribution in [2.45, 2.75) is 24.7 Å². The van der Waals surface area contributed by atoms with Crippen molar-refractivity contribution in [1.29, 1.82) is 0 Å². The van der Waals surface area contributed by atoms with E-state index in [1.807, 2.05) is 0 Å². The van der Waals surface area contributed by atoms with Gasteiger partial charge in [-0.3, -0.25) is 4.79 Å². The summed E-state index contributed by atoms with van der Waals surface area (Å²) < 4.78 is 38.2. The number of fused-ring (bicyclic) bond motifs is 1. The lowest BCUT2D eigenvalue weighted by Crippen LogP contribution is -2.39. The highest BCUT2D eigenvalue weighted by Crippen LogP contribution is 2.31. The topological polar surface area (TPSA) is 84.9 Å². The van der Waals surface area contributed by atoms with Crippen LogP contribution in [0.2, 0.25) is 0 Å². The Hall–Kier alpha value is -2.58. The summed E-state index contributed by atoms with van der Waals surface area (Å²) in [6, 6.07) is 11.7. The first-order valence-electron chi connectivity index (χ1n) is 10.2. The number of nitrogens with one attached hydrogen (secondary N) is 1. The first-order valence-corrected chi connectivity index (χ1v) is 11.6. The van der Waals surface area contributed by atoms with Gasteiger partial charge in [0.25, 0.3) is 0 Å². The van der Waals surface area contributed by atoms with Crippen molar-refractivity contribution in [3.8, 4) is 11.5 Å². The molecule has 2 heterocycles. The van der Waals surface area contributed by atoms with Crippen LogP contribution in [0.15, 0.2) is 47.4 Å². The van der Waals surface area contributed by atoms with Crippen LogP contribution in [0.3, 0.4) is 0 Å². The summed E-state index contributed by atoms with van der Waals surface area (Å²) in [6.07, 6.45) is 1.95.